The van der Waals surface area contributed by atoms with Crippen molar-refractivity contribution in [2.24, 2.45) is 11.8 Å². The second-order valence-corrected chi connectivity index (χ2v) is 9.36. The minimum absolute atomic E-state index is 0.0527. The maximum atomic E-state index is 12.1. The van der Waals surface area contributed by atoms with Gasteiger partial charge in [0.15, 0.2) is 0 Å². The molecule has 0 spiro atoms. The average molecular weight is 351 g/mol. The molecule has 1 aromatic rings. The Morgan fingerprint density at radius 2 is 2.00 bits per heavy atom. The number of aromatic nitrogens is 1. The second kappa shape index (κ2) is 7.19. The zero-order valence-electron chi connectivity index (χ0n) is 14.0. The van der Waals surface area contributed by atoms with Gasteiger partial charge in [0.1, 0.15) is 9.84 Å². The molecule has 0 unspecified atom stereocenters. The monoisotopic (exact) mass is 351 g/mol. The number of nitrogens with one attached hydrogen (secondary N) is 1. The number of pyridine rings is 1. The zero-order chi connectivity index (χ0) is 17.2. The van der Waals surface area contributed by atoms with Gasteiger partial charge in [-0.05, 0) is 42.4 Å². The highest BCUT2D eigenvalue weighted by molar-refractivity contribution is 7.90. The fourth-order valence-corrected chi connectivity index (χ4v) is 4.06. The third kappa shape index (κ3) is 5.01. The molecule has 1 N–H and O–H groups in total. The van der Waals surface area contributed by atoms with Crippen LogP contribution in [0.3, 0.4) is 0 Å². The Kier molecular flexibility index (Phi) is 5.20. The molecule has 1 saturated heterocycles. The number of hydrogen-bond acceptors (Lipinski definition) is 5. The third-order valence-electron chi connectivity index (χ3n) is 4.87. The van der Waals surface area contributed by atoms with Gasteiger partial charge in [-0.25, -0.2) is 8.42 Å². The van der Waals surface area contributed by atoms with E-state index in [1.54, 1.807) is 12.4 Å². The number of nitrogens with zero attached hydrogens (tertiary/aromatic N) is 2. The van der Waals surface area contributed by atoms with Crippen LogP contribution in [-0.2, 0) is 21.2 Å². The summed E-state index contributed by atoms with van der Waals surface area (Å²) in [6.07, 6.45) is 7.30. The molecule has 24 heavy (non-hydrogen) atoms. The predicted molar refractivity (Wildman–Crippen MR) is 92.0 cm³/mol. The van der Waals surface area contributed by atoms with Gasteiger partial charge in [-0.2, -0.15) is 0 Å². The summed E-state index contributed by atoms with van der Waals surface area (Å²) in [5.41, 5.74) is 1.23. The van der Waals surface area contributed by atoms with E-state index in [2.05, 4.69) is 15.2 Å². The molecular formula is C17H25N3O3S. The highest BCUT2D eigenvalue weighted by Gasteiger charge is 2.42. The molecule has 2 atom stereocenters. The molecule has 2 heterocycles. The molecule has 7 heteroatoms. The van der Waals surface area contributed by atoms with Crippen LogP contribution in [0.25, 0.3) is 0 Å². The van der Waals surface area contributed by atoms with Crippen molar-refractivity contribution >= 4 is 15.7 Å². The van der Waals surface area contributed by atoms with Crippen molar-refractivity contribution in [3.63, 3.8) is 0 Å². The Morgan fingerprint density at radius 1 is 1.29 bits per heavy atom. The molecule has 1 aromatic heterocycles. The highest BCUT2D eigenvalue weighted by atomic mass is 32.2. The number of carbonyl (C=O) groups excluding carboxylic acids is 1. The van der Waals surface area contributed by atoms with Crippen LogP contribution in [0.5, 0.6) is 0 Å². The SMILES string of the molecule is CS(=O)(=O)CCC(=O)N[C@H]1CN(Cc2ccncc2)C[C@@H]1C1CC1. The molecule has 1 amide bonds. The maximum absolute atomic E-state index is 12.1. The van der Waals surface area contributed by atoms with Crippen molar-refractivity contribution in [3.05, 3.63) is 30.1 Å². The summed E-state index contributed by atoms with van der Waals surface area (Å²) in [6.45, 7) is 2.68. The number of sulfone groups is 1. The Morgan fingerprint density at radius 3 is 2.62 bits per heavy atom. The molecular weight excluding hydrogens is 326 g/mol. The van der Waals surface area contributed by atoms with Crippen LogP contribution in [0.1, 0.15) is 24.8 Å². The van der Waals surface area contributed by atoms with Gasteiger partial charge < -0.3 is 5.32 Å². The zero-order valence-corrected chi connectivity index (χ0v) is 14.8. The summed E-state index contributed by atoms with van der Waals surface area (Å²) in [5, 5.41) is 3.08. The molecule has 1 saturated carbocycles. The molecule has 132 valence electrons. The van der Waals surface area contributed by atoms with E-state index in [1.165, 1.54) is 24.7 Å². The first-order valence-electron chi connectivity index (χ1n) is 8.49. The Hall–Kier alpha value is -1.47. The van der Waals surface area contributed by atoms with Crippen LogP contribution >= 0.6 is 0 Å². The largest absolute Gasteiger partial charge is 0.352 e. The van der Waals surface area contributed by atoms with Crippen LogP contribution in [0.4, 0.5) is 0 Å². The van der Waals surface area contributed by atoms with Gasteiger partial charge in [0.05, 0.1) is 5.75 Å². The normalized spacial score (nSPS) is 24.9. The smallest absolute Gasteiger partial charge is 0.221 e. The van der Waals surface area contributed by atoms with Gasteiger partial charge in [-0.1, -0.05) is 0 Å². The minimum atomic E-state index is -3.10. The summed E-state index contributed by atoms with van der Waals surface area (Å²) < 4.78 is 22.4. The number of amides is 1. The lowest BCUT2D eigenvalue weighted by Crippen LogP contribution is -2.41. The van der Waals surface area contributed by atoms with E-state index in [0.717, 1.165) is 19.6 Å². The second-order valence-electron chi connectivity index (χ2n) is 7.10. The molecule has 1 aliphatic carbocycles. The summed E-state index contributed by atoms with van der Waals surface area (Å²) in [5.74, 6) is 0.948. The molecule has 3 rings (SSSR count). The first kappa shape index (κ1) is 17.4. The molecule has 0 bridgehead atoms. The van der Waals surface area contributed by atoms with Crippen molar-refractivity contribution in [3.8, 4) is 0 Å². The Balaban J connectivity index is 1.56. The van der Waals surface area contributed by atoms with E-state index >= 15 is 0 Å². The van der Waals surface area contributed by atoms with Crippen molar-refractivity contribution in [2.45, 2.75) is 31.8 Å². The predicted octanol–water partition coefficient (Wildman–Crippen LogP) is 0.843. The minimum Gasteiger partial charge on any atom is -0.352 e. The van der Waals surface area contributed by atoms with E-state index in [9.17, 15) is 13.2 Å². The van der Waals surface area contributed by atoms with E-state index in [0.29, 0.717) is 11.8 Å². The lowest BCUT2D eigenvalue weighted by atomic mass is 9.98. The number of hydrogen-bond donors (Lipinski definition) is 1. The van der Waals surface area contributed by atoms with Crippen LogP contribution in [0.15, 0.2) is 24.5 Å². The van der Waals surface area contributed by atoms with Crippen molar-refractivity contribution < 1.29 is 13.2 Å². The van der Waals surface area contributed by atoms with E-state index < -0.39 is 9.84 Å². The highest BCUT2D eigenvalue weighted by Crippen LogP contribution is 2.41. The van der Waals surface area contributed by atoms with Gasteiger partial charge in [-0.15, -0.1) is 0 Å². The maximum Gasteiger partial charge on any atom is 0.221 e. The van der Waals surface area contributed by atoms with Gasteiger partial charge in [0.2, 0.25) is 5.91 Å². The van der Waals surface area contributed by atoms with Gasteiger partial charge in [0.25, 0.3) is 0 Å². The van der Waals surface area contributed by atoms with Gasteiger partial charge in [0, 0.05) is 50.7 Å². The lowest BCUT2D eigenvalue weighted by Gasteiger charge is -2.19. The summed E-state index contributed by atoms with van der Waals surface area (Å²) in [7, 11) is -3.10. The van der Waals surface area contributed by atoms with Crippen LogP contribution in [0.2, 0.25) is 0 Å². The van der Waals surface area contributed by atoms with E-state index in [4.69, 9.17) is 0 Å². The number of rotatable bonds is 7. The van der Waals surface area contributed by atoms with Gasteiger partial charge in [-0.3, -0.25) is 14.7 Å². The molecule has 2 fully saturated rings. The standard InChI is InChI=1S/C17H25N3O3S/c1-24(22,23)9-6-17(21)19-16-12-20(11-15(16)14-2-3-14)10-13-4-7-18-8-5-13/h4-5,7-8,14-16H,2-3,6,9-12H2,1H3,(H,19,21)/t15-,16+/m1/s1. The quantitative estimate of drug-likeness (QED) is 0.788. The Labute approximate surface area is 143 Å². The number of carbonyl (C=O) groups is 1. The molecule has 2 aliphatic rings. The first-order chi connectivity index (χ1) is 11.4. The summed E-state index contributed by atoms with van der Waals surface area (Å²) in [6, 6.07) is 4.17. The fraction of sp³-hybridized carbons (Fsp3) is 0.647. The molecule has 6 nitrogen and oxygen atoms in total. The van der Waals surface area contributed by atoms with Crippen LogP contribution in [-0.4, -0.2) is 55.3 Å². The van der Waals surface area contributed by atoms with Crippen molar-refractivity contribution in [1.82, 2.24) is 15.2 Å². The average Bonchev–Trinajstić information content (AvgIpc) is 3.29. The lowest BCUT2D eigenvalue weighted by molar-refractivity contribution is -0.121. The summed E-state index contributed by atoms with van der Waals surface area (Å²) in [4.78, 5) is 18.5. The topological polar surface area (TPSA) is 79.4 Å². The van der Waals surface area contributed by atoms with Crippen molar-refractivity contribution in [2.75, 3.05) is 25.1 Å². The molecule has 1 aliphatic heterocycles. The van der Waals surface area contributed by atoms with E-state index in [-0.39, 0.29) is 24.1 Å². The first-order valence-corrected chi connectivity index (χ1v) is 10.5. The fourth-order valence-electron chi connectivity index (χ4n) is 3.50. The van der Waals surface area contributed by atoms with Crippen LogP contribution in [0, 0.1) is 11.8 Å². The third-order valence-corrected chi connectivity index (χ3v) is 5.82. The number of likely N-dealkylation sites (tertiary alicyclic amines) is 1. The van der Waals surface area contributed by atoms with Crippen LogP contribution < -0.4 is 5.32 Å². The summed E-state index contributed by atoms with van der Waals surface area (Å²) >= 11 is 0. The van der Waals surface area contributed by atoms with E-state index in [1.807, 2.05) is 12.1 Å². The molecule has 0 aromatic carbocycles. The molecule has 0 radical (unpaired) electrons. The Bertz CT molecular complexity index is 674. The van der Waals surface area contributed by atoms with Gasteiger partial charge >= 0.3 is 0 Å². The van der Waals surface area contributed by atoms with Crippen molar-refractivity contribution in [1.29, 1.82) is 0 Å².